The van der Waals surface area contributed by atoms with E-state index in [9.17, 15) is 0 Å². The smallest absolute Gasteiger partial charge is 0.154 e. The normalized spacial score (nSPS) is 10.3. The average Bonchev–Trinajstić information content (AvgIpc) is 2.97. The van der Waals surface area contributed by atoms with E-state index in [2.05, 4.69) is 16.2 Å². The number of rotatable bonds is 2. The van der Waals surface area contributed by atoms with Crippen LogP contribution in [-0.4, -0.2) is 14.8 Å². The van der Waals surface area contributed by atoms with Gasteiger partial charge in [0.15, 0.2) is 5.82 Å². The Morgan fingerprint density at radius 2 is 1.90 bits per heavy atom. The van der Waals surface area contributed by atoms with Crippen LogP contribution in [0.3, 0.4) is 0 Å². The topological polar surface area (TPSA) is 80.5 Å². The van der Waals surface area contributed by atoms with Crippen LogP contribution in [0.5, 0.6) is 0 Å². The van der Waals surface area contributed by atoms with Crippen LogP contribution in [0.2, 0.25) is 0 Å². The number of anilines is 1. The van der Waals surface area contributed by atoms with Crippen LogP contribution in [0.15, 0.2) is 48.8 Å². The van der Waals surface area contributed by atoms with Gasteiger partial charge in [0.1, 0.15) is 0 Å². The van der Waals surface area contributed by atoms with Gasteiger partial charge in [-0.3, -0.25) is 0 Å². The number of aromatic nitrogens is 3. The van der Waals surface area contributed by atoms with Gasteiger partial charge in [0.2, 0.25) is 0 Å². The van der Waals surface area contributed by atoms with Crippen LogP contribution in [0, 0.1) is 18.3 Å². The first kappa shape index (κ1) is 12.9. The number of pyridine rings is 1. The molecule has 0 aliphatic heterocycles. The van der Waals surface area contributed by atoms with Gasteiger partial charge in [-0.15, -0.1) is 0 Å². The summed E-state index contributed by atoms with van der Waals surface area (Å²) in [5.74, 6) is 0.633. The standard InChI is InChI=1S/C16H13N5/c1-11-6-12(8-17)7-16(20-11)21-10-14(9-19-21)13-2-4-15(18)5-3-13/h2-7,9-10H,18H2,1H3. The van der Waals surface area contributed by atoms with E-state index in [1.165, 1.54) is 0 Å². The van der Waals surface area contributed by atoms with Crippen LogP contribution in [0.1, 0.15) is 11.3 Å². The number of nitriles is 1. The third-order valence-corrected chi connectivity index (χ3v) is 3.13. The van der Waals surface area contributed by atoms with E-state index in [-0.39, 0.29) is 0 Å². The minimum Gasteiger partial charge on any atom is -0.399 e. The van der Waals surface area contributed by atoms with Crippen LogP contribution in [-0.2, 0) is 0 Å². The molecule has 0 atom stereocenters. The van der Waals surface area contributed by atoms with Crippen molar-refractivity contribution in [3.8, 4) is 23.0 Å². The zero-order valence-corrected chi connectivity index (χ0v) is 11.5. The van der Waals surface area contributed by atoms with Gasteiger partial charge in [-0.1, -0.05) is 12.1 Å². The van der Waals surface area contributed by atoms with Crippen molar-refractivity contribution in [3.63, 3.8) is 0 Å². The number of nitrogens with two attached hydrogens (primary N) is 1. The molecular formula is C16H13N5. The maximum absolute atomic E-state index is 9.02. The molecule has 0 saturated heterocycles. The first-order valence-electron chi connectivity index (χ1n) is 6.45. The van der Waals surface area contributed by atoms with Gasteiger partial charge in [-0.05, 0) is 30.7 Å². The number of hydrogen-bond acceptors (Lipinski definition) is 4. The predicted octanol–water partition coefficient (Wildman–Crippen LogP) is 2.70. The van der Waals surface area contributed by atoms with Crippen molar-refractivity contribution in [1.82, 2.24) is 14.8 Å². The van der Waals surface area contributed by atoms with Crippen molar-refractivity contribution in [2.24, 2.45) is 0 Å². The van der Waals surface area contributed by atoms with Crippen molar-refractivity contribution in [1.29, 1.82) is 5.26 Å². The highest BCUT2D eigenvalue weighted by Crippen LogP contribution is 2.21. The molecule has 5 nitrogen and oxygen atoms in total. The van der Waals surface area contributed by atoms with Gasteiger partial charge in [-0.25, -0.2) is 9.67 Å². The molecule has 0 spiro atoms. The number of benzene rings is 1. The van der Waals surface area contributed by atoms with Crippen molar-refractivity contribution in [2.75, 3.05) is 5.73 Å². The molecule has 0 fully saturated rings. The van der Waals surface area contributed by atoms with Gasteiger partial charge < -0.3 is 5.73 Å². The second-order valence-electron chi connectivity index (χ2n) is 4.76. The zero-order chi connectivity index (χ0) is 14.8. The van der Waals surface area contributed by atoms with E-state index >= 15 is 0 Å². The van der Waals surface area contributed by atoms with Gasteiger partial charge in [0.05, 0.1) is 17.8 Å². The molecule has 102 valence electrons. The molecule has 3 rings (SSSR count). The highest BCUT2D eigenvalue weighted by molar-refractivity contribution is 5.64. The van der Waals surface area contributed by atoms with E-state index in [1.807, 2.05) is 37.4 Å². The molecule has 0 saturated carbocycles. The van der Waals surface area contributed by atoms with Crippen molar-refractivity contribution in [2.45, 2.75) is 6.92 Å². The number of aryl methyl sites for hydroxylation is 1. The minimum absolute atomic E-state index is 0.571. The lowest BCUT2D eigenvalue weighted by molar-refractivity contribution is 0.840. The van der Waals surface area contributed by atoms with E-state index in [4.69, 9.17) is 11.0 Å². The molecular weight excluding hydrogens is 262 g/mol. The summed E-state index contributed by atoms with van der Waals surface area (Å²) in [6.07, 6.45) is 3.65. The van der Waals surface area contributed by atoms with Crippen LogP contribution >= 0.6 is 0 Å². The molecule has 0 radical (unpaired) electrons. The highest BCUT2D eigenvalue weighted by Gasteiger charge is 2.06. The summed E-state index contributed by atoms with van der Waals surface area (Å²) in [7, 11) is 0. The Kier molecular flexibility index (Phi) is 3.13. The van der Waals surface area contributed by atoms with E-state index in [1.54, 1.807) is 23.0 Å². The third-order valence-electron chi connectivity index (χ3n) is 3.13. The Labute approximate surface area is 122 Å². The molecule has 0 amide bonds. The van der Waals surface area contributed by atoms with Gasteiger partial charge in [0, 0.05) is 29.2 Å². The van der Waals surface area contributed by atoms with E-state index in [0.717, 1.165) is 22.5 Å². The van der Waals surface area contributed by atoms with Gasteiger partial charge >= 0.3 is 0 Å². The van der Waals surface area contributed by atoms with Crippen LogP contribution < -0.4 is 5.73 Å². The second-order valence-corrected chi connectivity index (χ2v) is 4.76. The summed E-state index contributed by atoms with van der Waals surface area (Å²) in [5.41, 5.74) is 9.77. The molecule has 2 heterocycles. The molecule has 0 aliphatic rings. The zero-order valence-electron chi connectivity index (χ0n) is 11.5. The largest absolute Gasteiger partial charge is 0.399 e. The maximum Gasteiger partial charge on any atom is 0.154 e. The third kappa shape index (κ3) is 2.60. The molecule has 0 aliphatic carbocycles. The lowest BCUT2D eigenvalue weighted by atomic mass is 10.1. The average molecular weight is 275 g/mol. The Morgan fingerprint density at radius 1 is 1.14 bits per heavy atom. The van der Waals surface area contributed by atoms with Crippen LogP contribution in [0.4, 0.5) is 5.69 Å². The molecule has 0 bridgehead atoms. The number of nitrogen functional groups attached to an aromatic ring is 1. The van der Waals surface area contributed by atoms with Crippen molar-refractivity contribution in [3.05, 3.63) is 60.0 Å². The van der Waals surface area contributed by atoms with E-state index < -0.39 is 0 Å². The number of nitrogens with zero attached hydrogens (tertiary/aromatic N) is 4. The molecule has 0 unspecified atom stereocenters. The first-order chi connectivity index (χ1) is 10.2. The first-order valence-corrected chi connectivity index (χ1v) is 6.45. The monoisotopic (exact) mass is 275 g/mol. The Balaban J connectivity index is 2.00. The second kappa shape index (κ2) is 5.10. The Morgan fingerprint density at radius 3 is 2.62 bits per heavy atom. The summed E-state index contributed by atoms with van der Waals surface area (Å²) in [4.78, 5) is 4.40. The molecule has 5 heteroatoms. The summed E-state index contributed by atoms with van der Waals surface area (Å²) < 4.78 is 1.67. The summed E-state index contributed by atoms with van der Waals surface area (Å²) >= 11 is 0. The summed E-state index contributed by atoms with van der Waals surface area (Å²) in [5, 5.41) is 13.3. The summed E-state index contributed by atoms with van der Waals surface area (Å²) in [6.45, 7) is 1.86. The molecule has 21 heavy (non-hydrogen) atoms. The fraction of sp³-hybridized carbons (Fsp3) is 0.0625. The Hall–Kier alpha value is -3.13. The Bertz CT molecular complexity index is 825. The highest BCUT2D eigenvalue weighted by atomic mass is 15.3. The lowest BCUT2D eigenvalue weighted by Gasteiger charge is -2.02. The summed E-state index contributed by atoms with van der Waals surface area (Å²) in [6, 6.07) is 13.2. The van der Waals surface area contributed by atoms with E-state index in [0.29, 0.717) is 11.4 Å². The quantitative estimate of drug-likeness (QED) is 0.729. The van der Waals surface area contributed by atoms with Crippen molar-refractivity contribution >= 4 is 5.69 Å². The SMILES string of the molecule is Cc1cc(C#N)cc(-n2cc(-c3ccc(N)cc3)cn2)n1. The maximum atomic E-state index is 9.02. The van der Waals surface area contributed by atoms with Crippen molar-refractivity contribution < 1.29 is 0 Å². The molecule has 1 aromatic carbocycles. The molecule has 2 aromatic heterocycles. The molecule has 2 N–H and O–H groups in total. The minimum atomic E-state index is 0.571. The van der Waals surface area contributed by atoms with Crippen LogP contribution in [0.25, 0.3) is 16.9 Å². The fourth-order valence-electron chi connectivity index (χ4n) is 2.11. The number of hydrogen-bond donors (Lipinski definition) is 1. The fourth-order valence-corrected chi connectivity index (χ4v) is 2.11. The van der Waals surface area contributed by atoms with Gasteiger partial charge in [-0.2, -0.15) is 10.4 Å². The molecule has 3 aromatic rings. The predicted molar refractivity (Wildman–Crippen MR) is 80.7 cm³/mol. The lowest BCUT2D eigenvalue weighted by Crippen LogP contribution is -2.00. The van der Waals surface area contributed by atoms with Gasteiger partial charge in [0.25, 0.3) is 0 Å².